The number of fused-ring (bicyclic) bond motifs is 1. The van der Waals surface area contributed by atoms with Crippen LogP contribution in [0, 0.1) is 0 Å². The number of allylic oxidation sites excluding steroid dienone is 1. The van der Waals surface area contributed by atoms with Gasteiger partial charge in [-0.1, -0.05) is 24.3 Å². The summed E-state index contributed by atoms with van der Waals surface area (Å²) in [6.07, 6.45) is 6.67. The topological polar surface area (TPSA) is 59.4 Å². The Bertz CT molecular complexity index is 900. The van der Waals surface area contributed by atoms with Crippen molar-refractivity contribution in [1.29, 1.82) is 0 Å². The van der Waals surface area contributed by atoms with Crippen LogP contribution in [-0.4, -0.2) is 23.0 Å². The van der Waals surface area contributed by atoms with Crippen molar-refractivity contribution in [3.63, 3.8) is 0 Å². The molecule has 0 aliphatic rings. The second-order valence-electron chi connectivity index (χ2n) is 5.03. The van der Waals surface area contributed by atoms with Crippen LogP contribution in [-0.2, 0) is 0 Å². The Morgan fingerprint density at radius 2 is 2.04 bits per heavy atom. The maximum absolute atomic E-state index is 12.3. The predicted octanol–water partition coefficient (Wildman–Crippen LogP) is 3.85. The summed E-state index contributed by atoms with van der Waals surface area (Å²) in [6.45, 7) is 0. The lowest BCUT2D eigenvalue weighted by Crippen LogP contribution is -1.99. The van der Waals surface area contributed by atoms with Crippen LogP contribution < -0.4 is 4.74 Å². The second kappa shape index (κ2) is 6.32. The number of hydrogen-bond acceptors (Lipinski definition) is 4. The fraction of sp³-hybridized carbons (Fsp3) is 0.0526. The minimum absolute atomic E-state index is 0.0939. The van der Waals surface area contributed by atoms with Crippen molar-refractivity contribution in [3.05, 3.63) is 72.1 Å². The molecule has 0 atom stereocenters. The Hall–Kier alpha value is -3.14. The summed E-state index contributed by atoms with van der Waals surface area (Å²) in [4.78, 5) is 16.4. The molecule has 114 valence electrons. The van der Waals surface area contributed by atoms with E-state index in [2.05, 4.69) is 4.98 Å². The van der Waals surface area contributed by atoms with E-state index >= 15 is 0 Å². The third-order valence-electron chi connectivity index (χ3n) is 3.56. The summed E-state index contributed by atoms with van der Waals surface area (Å²) in [5, 5.41) is 12.0. The van der Waals surface area contributed by atoms with Gasteiger partial charge in [-0.25, -0.2) is 0 Å². The van der Waals surface area contributed by atoms with Gasteiger partial charge in [0.2, 0.25) is 0 Å². The molecule has 0 saturated heterocycles. The molecule has 0 saturated carbocycles. The van der Waals surface area contributed by atoms with Gasteiger partial charge in [0.05, 0.1) is 7.11 Å². The number of methoxy groups -OCH3 is 1. The van der Waals surface area contributed by atoms with E-state index in [-0.39, 0.29) is 17.1 Å². The van der Waals surface area contributed by atoms with Gasteiger partial charge in [-0.15, -0.1) is 0 Å². The smallest absolute Gasteiger partial charge is 0.193 e. The van der Waals surface area contributed by atoms with E-state index in [1.54, 1.807) is 30.6 Å². The number of aromatic nitrogens is 1. The number of phenolic OH excluding ortho intramolecular Hbond substituents is 1. The van der Waals surface area contributed by atoms with E-state index in [1.807, 2.05) is 24.3 Å². The zero-order valence-electron chi connectivity index (χ0n) is 12.6. The van der Waals surface area contributed by atoms with E-state index in [0.29, 0.717) is 5.75 Å². The summed E-state index contributed by atoms with van der Waals surface area (Å²) in [7, 11) is 1.46. The first kappa shape index (κ1) is 14.8. The van der Waals surface area contributed by atoms with Crippen molar-refractivity contribution in [2.24, 2.45) is 0 Å². The molecule has 3 aromatic rings. The molecule has 0 unspecified atom stereocenters. The molecule has 0 fully saturated rings. The SMILES string of the molecule is COc1cccc(O)c1C(=O)/C=C/c1ccc2cnccc2c1. The maximum atomic E-state index is 12.3. The number of phenols is 1. The number of hydrogen-bond donors (Lipinski definition) is 1. The highest BCUT2D eigenvalue weighted by Gasteiger charge is 2.14. The van der Waals surface area contributed by atoms with Gasteiger partial charge in [-0.2, -0.15) is 0 Å². The molecule has 1 N–H and O–H groups in total. The summed E-state index contributed by atoms with van der Waals surface area (Å²) in [5.41, 5.74) is 1.06. The number of ether oxygens (including phenoxy) is 1. The Balaban J connectivity index is 1.91. The van der Waals surface area contributed by atoms with Crippen LogP contribution >= 0.6 is 0 Å². The van der Waals surface area contributed by atoms with E-state index < -0.39 is 0 Å². The number of rotatable bonds is 4. The lowest BCUT2D eigenvalue weighted by atomic mass is 10.1. The molecular formula is C19H15NO3. The van der Waals surface area contributed by atoms with Crippen LogP contribution in [0.25, 0.3) is 16.8 Å². The molecule has 4 heteroatoms. The highest BCUT2D eigenvalue weighted by Crippen LogP contribution is 2.28. The van der Waals surface area contributed by atoms with Crippen molar-refractivity contribution in [2.45, 2.75) is 0 Å². The molecular weight excluding hydrogens is 290 g/mol. The van der Waals surface area contributed by atoms with Crippen LogP contribution in [0.1, 0.15) is 15.9 Å². The van der Waals surface area contributed by atoms with E-state index in [9.17, 15) is 9.90 Å². The van der Waals surface area contributed by atoms with Gasteiger partial charge in [0.25, 0.3) is 0 Å². The molecule has 0 spiro atoms. The highest BCUT2D eigenvalue weighted by molar-refractivity contribution is 6.10. The average molecular weight is 305 g/mol. The zero-order chi connectivity index (χ0) is 16.2. The lowest BCUT2D eigenvalue weighted by molar-refractivity contribution is 0.104. The molecule has 23 heavy (non-hydrogen) atoms. The maximum Gasteiger partial charge on any atom is 0.193 e. The summed E-state index contributed by atoms with van der Waals surface area (Å²) >= 11 is 0. The van der Waals surface area contributed by atoms with Crippen molar-refractivity contribution in [3.8, 4) is 11.5 Å². The highest BCUT2D eigenvalue weighted by atomic mass is 16.5. The largest absolute Gasteiger partial charge is 0.507 e. The number of ketones is 1. The number of nitrogens with zero attached hydrogens (tertiary/aromatic N) is 1. The molecule has 0 aliphatic heterocycles. The van der Waals surface area contributed by atoms with Crippen LogP contribution in [0.2, 0.25) is 0 Å². The molecule has 0 amide bonds. The predicted molar refractivity (Wildman–Crippen MR) is 89.8 cm³/mol. The molecule has 3 rings (SSSR count). The van der Waals surface area contributed by atoms with E-state index in [4.69, 9.17) is 4.74 Å². The quantitative estimate of drug-likeness (QED) is 0.587. The molecule has 1 heterocycles. The van der Waals surface area contributed by atoms with Gasteiger partial charge >= 0.3 is 0 Å². The normalized spacial score (nSPS) is 11.0. The Morgan fingerprint density at radius 1 is 1.17 bits per heavy atom. The fourth-order valence-electron chi connectivity index (χ4n) is 2.40. The summed E-state index contributed by atoms with van der Waals surface area (Å²) < 4.78 is 5.14. The van der Waals surface area contributed by atoms with Gasteiger partial charge in [0.1, 0.15) is 17.1 Å². The van der Waals surface area contributed by atoms with Crippen LogP contribution in [0.15, 0.2) is 60.9 Å². The molecule has 4 nitrogen and oxygen atoms in total. The van der Waals surface area contributed by atoms with Crippen molar-refractivity contribution >= 4 is 22.6 Å². The Morgan fingerprint density at radius 3 is 2.87 bits per heavy atom. The number of aromatic hydroxyl groups is 1. The van der Waals surface area contributed by atoms with Crippen molar-refractivity contribution in [2.75, 3.05) is 7.11 Å². The van der Waals surface area contributed by atoms with Crippen LogP contribution in [0.5, 0.6) is 11.5 Å². The first-order valence-corrected chi connectivity index (χ1v) is 7.11. The first-order chi connectivity index (χ1) is 11.2. The number of benzene rings is 2. The Kier molecular flexibility index (Phi) is 4.06. The molecule has 0 aliphatic carbocycles. The van der Waals surface area contributed by atoms with E-state index in [0.717, 1.165) is 16.3 Å². The summed E-state index contributed by atoms with van der Waals surface area (Å²) in [6, 6.07) is 12.5. The van der Waals surface area contributed by atoms with Gasteiger partial charge in [-0.3, -0.25) is 9.78 Å². The van der Waals surface area contributed by atoms with Crippen LogP contribution in [0.4, 0.5) is 0 Å². The van der Waals surface area contributed by atoms with Gasteiger partial charge in [0.15, 0.2) is 5.78 Å². The molecule has 2 aromatic carbocycles. The molecule has 0 radical (unpaired) electrons. The summed E-state index contributed by atoms with van der Waals surface area (Å²) in [5.74, 6) is -0.0532. The van der Waals surface area contributed by atoms with Crippen molar-refractivity contribution < 1.29 is 14.6 Å². The third kappa shape index (κ3) is 3.06. The van der Waals surface area contributed by atoms with Gasteiger partial charge < -0.3 is 9.84 Å². The monoisotopic (exact) mass is 305 g/mol. The third-order valence-corrected chi connectivity index (χ3v) is 3.56. The number of carbonyl (C=O) groups excluding carboxylic acids is 1. The Labute approximate surface area is 133 Å². The molecule has 1 aromatic heterocycles. The zero-order valence-corrected chi connectivity index (χ0v) is 12.6. The fourth-order valence-corrected chi connectivity index (χ4v) is 2.40. The van der Waals surface area contributed by atoms with Gasteiger partial charge in [-0.05, 0) is 41.3 Å². The lowest BCUT2D eigenvalue weighted by Gasteiger charge is -2.07. The average Bonchev–Trinajstić information content (AvgIpc) is 2.59. The minimum Gasteiger partial charge on any atom is -0.507 e. The minimum atomic E-state index is -0.310. The second-order valence-corrected chi connectivity index (χ2v) is 5.03. The van der Waals surface area contributed by atoms with Gasteiger partial charge in [0, 0.05) is 17.8 Å². The van der Waals surface area contributed by atoms with Crippen molar-refractivity contribution in [1.82, 2.24) is 4.98 Å². The number of carbonyl (C=O) groups is 1. The molecule has 0 bridgehead atoms. The van der Waals surface area contributed by atoms with E-state index in [1.165, 1.54) is 19.3 Å². The first-order valence-electron chi connectivity index (χ1n) is 7.11. The number of pyridine rings is 1. The standard InChI is InChI=1S/C19H15NO3/c1-23-18-4-2-3-16(21)19(18)17(22)8-6-13-5-7-15-12-20-10-9-14(15)11-13/h2-12,21H,1H3/b8-6+. The van der Waals surface area contributed by atoms with Crippen LogP contribution in [0.3, 0.4) is 0 Å².